The first-order chi connectivity index (χ1) is 10.6. The lowest BCUT2D eigenvalue weighted by Crippen LogP contribution is -2.28. The molecular formula is C17H20ClN3O. The SMILES string of the molecule is CC(C)c1c(C(=O)N2CCCC2)cnn1-c1ccccc1Cl. The van der Waals surface area contributed by atoms with Crippen molar-refractivity contribution in [3.63, 3.8) is 0 Å². The summed E-state index contributed by atoms with van der Waals surface area (Å²) in [6.45, 7) is 5.83. The minimum Gasteiger partial charge on any atom is -0.339 e. The molecule has 0 aliphatic carbocycles. The zero-order valence-corrected chi connectivity index (χ0v) is 13.7. The molecule has 0 saturated carbocycles. The lowest BCUT2D eigenvalue weighted by molar-refractivity contribution is 0.0791. The zero-order valence-electron chi connectivity index (χ0n) is 12.9. The van der Waals surface area contributed by atoms with E-state index in [-0.39, 0.29) is 11.8 Å². The van der Waals surface area contributed by atoms with Gasteiger partial charge in [-0.2, -0.15) is 5.10 Å². The fourth-order valence-corrected chi connectivity index (χ4v) is 3.20. The van der Waals surface area contributed by atoms with Crippen molar-refractivity contribution >= 4 is 17.5 Å². The van der Waals surface area contributed by atoms with Crippen molar-refractivity contribution in [2.75, 3.05) is 13.1 Å². The number of para-hydroxylation sites is 1. The Morgan fingerprint density at radius 2 is 1.91 bits per heavy atom. The summed E-state index contributed by atoms with van der Waals surface area (Å²) in [4.78, 5) is 14.7. The predicted molar refractivity (Wildman–Crippen MR) is 87.8 cm³/mol. The molecule has 0 radical (unpaired) electrons. The van der Waals surface area contributed by atoms with Crippen LogP contribution >= 0.6 is 11.6 Å². The molecule has 2 heterocycles. The van der Waals surface area contributed by atoms with Gasteiger partial charge in [0.05, 0.1) is 28.2 Å². The van der Waals surface area contributed by atoms with Crippen LogP contribution in [0.1, 0.15) is 48.7 Å². The average Bonchev–Trinajstić information content (AvgIpc) is 3.16. The third-order valence-corrected chi connectivity index (χ3v) is 4.38. The molecule has 22 heavy (non-hydrogen) atoms. The highest BCUT2D eigenvalue weighted by atomic mass is 35.5. The molecule has 1 aromatic carbocycles. The van der Waals surface area contributed by atoms with E-state index in [9.17, 15) is 4.79 Å². The summed E-state index contributed by atoms with van der Waals surface area (Å²) in [7, 11) is 0. The van der Waals surface area contributed by atoms with Gasteiger partial charge in [-0.15, -0.1) is 0 Å². The van der Waals surface area contributed by atoms with Crippen molar-refractivity contribution < 1.29 is 4.79 Å². The van der Waals surface area contributed by atoms with Gasteiger partial charge < -0.3 is 4.90 Å². The third kappa shape index (κ3) is 2.63. The second-order valence-corrected chi connectivity index (χ2v) is 6.37. The van der Waals surface area contributed by atoms with Crippen molar-refractivity contribution in [1.29, 1.82) is 0 Å². The van der Waals surface area contributed by atoms with Crippen molar-refractivity contribution in [2.45, 2.75) is 32.6 Å². The van der Waals surface area contributed by atoms with Gasteiger partial charge in [0.1, 0.15) is 0 Å². The molecule has 0 atom stereocenters. The highest BCUT2D eigenvalue weighted by Crippen LogP contribution is 2.28. The van der Waals surface area contributed by atoms with Crippen LogP contribution in [-0.2, 0) is 0 Å². The number of benzene rings is 1. The van der Waals surface area contributed by atoms with Crippen molar-refractivity contribution in [3.8, 4) is 5.69 Å². The first kappa shape index (κ1) is 15.1. The molecule has 5 heteroatoms. The highest BCUT2D eigenvalue weighted by molar-refractivity contribution is 6.32. The van der Waals surface area contributed by atoms with Crippen LogP contribution in [0.15, 0.2) is 30.5 Å². The minimum absolute atomic E-state index is 0.0829. The Balaban J connectivity index is 2.06. The Hall–Kier alpha value is -1.81. The summed E-state index contributed by atoms with van der Waals surface area (Å²) in [6.07, 6.45) is 3.85. The molecule has 4 nitrogen and oxygen atoms in total. The Bertz CT molecular complexity index is 687. The normalized spacial score (nSPS) is 14.8. The summed E-state index contributed by atoms with van der Waals surface area (Å²) < 4.78 is 1.80. The van der Waals surface area contributed by atoms with Gasteiger partial charge in [-0.05, 0) is 30.9 Å². The summed E-state index contributed by atoms with van der Waals surface area (Å²) in [5.74, 6) is 0.264. The van der Waals surface area contributed by atoms with E-state index in [1.807, 2.05) is 29.2 Å². The molecule has 1 aliphatic heterocycles. The molecule has 0 unspecified atom stereocenters. The summed E-state index contributed by atoms with van der Waals surface area (Å²) in [5.41, 5.74) is 2.43. The molecule has 0 N–H and O–H groups in total. The van der Waals surface area contributed by atoms with Crippen molar-refractivity contribution in [3.05, 3.63) is 46.7 Å². The molecule has 1 saturated heterocycles. The fourth-order valence-electron chi connectivity index (χ4n) is 2.98. The minimum atomic E-state index is 0.0829. The smallest absolute Gasteiger partial charge is 0.257 e. The van der Waals surface area contributed by atoms with E-state index >= 15 is 0 Å². The molecule has 0 spiro atoms. The maximum Gasteiger partial charge on any atom is 0.257 e. The number of carbonyl (C=O) groups is 1. The van der Waals surface area contributed by atoms with Gasteiger partial charge in [-0.25, -0.2) is 4.68 Å². The van der Waals surface area contributed by atoms with E-state index in [0.29, 0.717) is 10.6 Å². The molecular weight excluding hydrogens is 298 g/mol. The lowest BCUT2D eigenvalue weighted by atomic mass is 10.0. The van der Waals surface area contributed by atoms with Gasteiger partial charge in [-0.3, -0.25) is 4.79 Å². The number of hydrogen-bond donors (Lipinski definition) is 0. The number of carbonyl (C=O) groups excluding carboxylic acids is 1. The molecule has 1 aromatic heterocycles. The van der Waals surface area contributed by atoms with Crippen LogP contribution in [0.4, 0.5) is 0 Å². The first-order valence-electron chi connectivity index (χ1n) is 7.71. The van der Waals surface area contributed by atoms with E-state index in [2.05, 4.69) is 18.9 Å². The van der Waals surface area contributed by atoms with Gasteiger partial charge in [0.25, 0.3) is 5.91 Å². The van der Waals surface area contributed by atoms with Crippen molar-refractivity contribution in [2.24, 2.45) is 0 Å². The number of aromatic nitrogens is 2. The van der Waals surface area contributed by atoms with E-state index in [1.54, 1.807) is 10.9 Å². The number of nitrogens with zero attached hydrogens (tertiary/aromatic N) is 3. The maximum atomic E-state index is 12.7. The monoisotopic (exact) mass is 317 g/mol. The van der Waals surface area contributed by atoms with E-state index in [0.717, 1.165) is 37.3 Å². The number of halogens is 1. The topological polar surface area (TPSA) is 38.1 Å². The van der Waals surface area contributed by atoms with Crippen LogP contribution < -0.4 is 0 Å². The van der Waals surface area contributed by atoms with Crippen LogP contribution in [0.25, 0.3) is 5.69 Å². The van der Waals surface area contributed by atoms with E-state index in [4.69, 9.17) is 11.6 Å². The predicted octanol–water partition coefficient (Wildman–Crippen LogP) is 3.89. The second kappa shape index (κ2) is 6.13. The lowest BCUT2D eigenvalue weighted by Gasteiger charge is -2.18. The standard InChI is InChI=1S/C17H20ClN3O/c1-12(2)16-13(17(22)20-9-5-6-10-20)11-19-21(16)15-8-4-3-7-14(15)18/h3-4,7-8,11-12H,5-6,9-10H2,1-2H3. The molecule has 3 rings (SSSR count). The van der Waals surface area contributed by atoms with Crippen LogP contribution in [0.5, 0.6) is 0 Å². The third-order valence-electron chi connectivity index (χ3n) is 4.06. The molecule has 2 aromatic rings. The van der Waals surface area contributed by atoms with Gasteiger partial charge in [0.2, 0.25) is 0 Å². The summed E-state index contributed by atoms with van der Waals surface area (Å²) in [6, 6.07) is 7.58. The second-order valence-electron chi connectivity index (χ2n) is 5.96. The largest absolute Gasteiger partial charge is 0.339 e. The van der Waals surface area contributed by atoms with Gasteiger partial charge in [0, 0.05) is 13.1 Å². The van der Waals surface area contributed by atoms with E-state index < -0.39 is 0 Å². The quantitative estimate of drug-likeness (QED) is 0.861. The van der Waals surface area contributed by atoms with Gasteiger partial charge in [0.15, 0.2) is 0 Å². The molecule has 0 bridgehead atoms. The zero-order chi connectivity index (χ0) is 15.7. The Morgan fingerprint density at radius 3 is 2.55 bits per heavy atom. The summed E-state index contributed by atoms with van der Waals surface area (Å²) in [5, 5.41) is 5.08. The number of rotatable bonds is 3. The highest BCUT2D eigenvalue weighted by Gasteiger charge is 2.26. The van der Waals surface area contributed by atoms with Gasteiger partial charge in [-0.1, -0.05) is 37.6 Å². The summed E-state index contributed by atoms with van der Waals surface area (Å²) >= 11 is 6.30. The maximum absolute atomic E-state index is 12.7. The number of hydrogen-bond acceptors (Lipinski definition) is 2. The fraction of sp³-hybridized carbons (Fsp3) is 0.412. The first-order valence-corrected chi connectivity index (χ1v) is 8.09. The van der Waals surface area contributed by atoms with Crippen LogP contribution in [0.3, 0.4) is 0 Å². The molecule has 1 amide bonds. The Morgan fingerprint density at radius 1 is 1.23 bits per heavy atom. The molecule has 116 valence electrons. The average molecular weight is 318 g/mol. The van der Waals surface area contributed by atoms with Crippen LogP contribution in [0, 0.1) is 0 Å². The number of likely N-dealkylation sites (tertiary alicyclic amines) is 1. The van der Waals surface area contributed by atoms with E-state index in [1.165, 1.54) is 0 Å². The number of amides is 1. The Labute approximate surface area is 135 Å². The molecule has 1 fully saturated rings. The van der Waals surface area contributed by atoms with Crippen molar-refractivity contribution in [1.82, 2.24) is 14.7 Å². The van der Waals surface area contributed by atoms with Crippen LogP contribution in [0.2, 0.25) is 5.02 Å². The molecule has 1 aliphatic rings. The van der Waals surface area contributed by atoms with Crippen LogP contribution in [-0.4, -0.2) is 33.7 Å². The van der Waals surface area contributed by atoms with Gasteiger partial charge >= 0.3 is 0 Å². The Kier molecular flexibility index (Phi) is 4.21.